The summed E-state index contributed by atoms with van der Waals surface area (Å²) >= 11 is 0. The van der Waals surface area contributed by atoms with Crippen LogP contribution in [0.15, 0.2) is 30.3 Å². The molecule has 3 nitrogen and oxygen atoms in total. The maximum Gasteiger partial charge on any atom is 0.106 e. The van der Waals surface area contributed by atoms with Gasteiger partial charge in [-0.05, 0) is 12.1 Å². The maximum atomic E-state index is 5.53. The molecule has 18 heavy (non-hydrogen) atoms. The molecule has 96 valence electrons. The molecule has 0 aliphatic carbocycles. The van der Waals surface area contributed by atoms with Crippen molar-refractivity contribution in [2.75, 3.05) is 33.4 Å². The predicted molar refractivity (Wildman–Crippen MR) is 71.4 cm³/mol. The zero-order valence-corrected chi connectivity index (χ0v) is 10.7. The SMILES string of the molecule is COC1(CNCC#Cc2ccccc2)CCOC1. The molecule has 0 bridgehead atoms. The predicted octanol–water partition coefficient (Wildman–Crippen LogP) is 1.43. The van der Waals surface area contributed by atoms with Crippen LogP contribution in [0, 0.1) is 11.8 Å². The third-order valence-electron chi connectivity index (χ3n) is 3.17. The first-order valence-corrected chi connectivity index (χ1v) is 6.22. The van der Waals surface area contributed by atoms with E-state index in [1.54, 1.807) is 7.11 Å². The number of nitrogens with one attached hydrogen (secondary N) is 1. The molecule has 1 aliphatic heterocycles. The summed E-state index contributed by atoms with van der Waals surface area (Å²) in [4.78, 5) is 0. The minimum Gasteiger partial charge on any atom is -0.378 e. The molecule has 1 N–H and O–H groups in total. The second kappa shape index (κ2) is 6.55. The van der Waals surface area contributed by atoms with E-state index in [-0.39, 0.29) is 5.60 Å². The molecule has 1 aliphatic rings. The lowest BCUT2D eigenvalue weighted by molar-refractivity contribution is -0.0149. The Labute approximate surface area is 108 Å². The van der Waals surface area contributed by atoms with E-state index in [0.29, 0.717) is 13.2 Å². The number of benzene rings is 1. The van der Waals surface area contributed by atoms with Crippen molar-refractivity contribution in [2.24, 2.45) is 0 Å². The molecule has 1 aromatic rings. The number of methoxy groups -OCH3 is 1. The molecular weight excluding hydrogens is 226 g/mol. The summed E-state index contributed by atoms with van der Waals surface area (Å²) in [6.07, 6.45) is 0.947. The molecule has 0 saturated carbocycles. The van der Waals surface area contributed by atoms with Crippen LogP contribution < -0.4 is 5.32 Å². The number of rotatable bonds is 4. The minimum absolute atomic E-state index is 0.158. The molecule has 2 rings (SSSR count). The molecule has 1 unspecified atom stereocenters. The van der Waals surface area contributed by atoms with E-state index in [0.717, 1.165) is 25.1 Å². The normalized spacial score (nSPS) is 22.5. The van der Waals surface area contributed by atoms with Gasteiger partial charge in [-0.2, -0.15) is 0 Å². The standard InChI is InChI=1S/C15H19NO2/c1-17-15(9-11-18-13-15)12-16-10-5-8-14-6-3-2-4-7-14/h2-4,6-7,16H,9-13H2,1H3. The van der Waals surface area contributed by atoms with Gasteiger partial charge in [0.05, 0.1) is 13.2 Å². The Kier molecular flexibility index (Phi) is 4.77. The zero-order chi connectivity index (χ0) is 12.7. The topological polar surface area (TPSA) is 30.5 Å². The molecule has 1 fully saturated rings. The van der Waals surface area contributed by atoms with Gasteiger partial charge in [-0.25, -0.2) is 0 Å². The summed E-state index contributed by atoms with van der Waals surface area (Å²) in [5.41, 5.74) is 0.888. The molecule has 0 spiro atoms. The monoisotopic (exact) mass is 245 g/mol. The summed E-state index contributed by atoms with van der Waals surface area (Å²) in [6, 6.07) is 10.00. The zero-order valence-electron chi connectivity index (χ0n) is 10.7. The Morgan fingerprint density at radius 3 is 2.89 bits per heavy atom. The molecular formula is C15H19NO2. The lowest BCUT2D eigenvalue weighted by Gasteiger charge is -2.25. The van der Waals surface area contributed by atoms with E-state index in [1.165, 1.54) is 0 Å². The van der Waals surface area contributed by atoms with E-state index >= 15 is 0 Å². The van der Waals surface area contributed by atoms with Gasteiger partial charge in [0.2, 0.25) is 0 Å². The van der Waals surface area contributed by atoms with Gasteiger partial charge in [-0.15, -0.1) is 0 Å². The average molecular weight is 245 g/mol. The van der Waals surface area contributed by atoms with Crippen LogP contribution >= 0.6 is 0 Å². The molecule has 3 heteroatoms. The first-order chi connectivity index (χ1) is 8.85. The van der Waals surface area contributed by atoms with E-state index < -0.39 is 0 Å². The lowest BCUT2D eigenvalue weighted by atomic mass is 10.0. The highest BCUT2D eigenvalue weighted by Gasteiger charge is 2.34. The quantitative estimate of drug-likeness (QED) is 0.643. The van der Waals surface area contributed by atoms with Crippen molar-refractivity contribution in [3.8, 4) is 11.8 Å². The van der Waals surface area contributed by atoms with Crippen LogP contribution in [0.25, 0.3) is 0 Å². The first kappa shape index (κ1) is 13.1. The van der Waals surface area contributed by atoms with Gasteiger partial charge in [0.25, 0.3) is 0 Å². The highest BCUT2D eigenvalue weighted by Crippen LogP contribution is 2.21. The molecule has 1 heterocycles. The summed E-state index contributed by atoms with van der Waals surface area (Å²) in [5.74, 6) is 6.23. The highest BCUT2D eigenvalue weighted by atomic mass is 16.5. The Balaban J connectivity index is 1.75. The minimum atomic E-state index is -0.158. The summed E-state index contributed by atoms with van der Waals surface area (Å²) < 4.78 is 10.9. The van der Waals surface area contributed by atoms with Gasteiger partial charge < -0.3 is 14.8 Å². The van der Waals surface area contributed by atoms with Crippen LogP contribution in [-0.4, -0.2) is 39.0 Å². The van der Waals surface area contributed by atoms with Gasteiger partial charge in [0.1, 0.15) is 5.60 Å². The third-order valence-corrected chi connectivity index (χ3v) is 3.17. The van der Waals surface area contributed by atoms with Crippen LogP contribution in [0.3, 0.4) is 0 Å². The lowest BCUT2D eigenvalue weighted by Crippen LogP contribution is -2.43. The summed E-state index contributed by atoms with van der Waals surface area (Å²) in [5, 5.41) is 3.31. The van der Waals surface area contributed by atoms with E-state index in [1.807, 2.05) is 30.3 Å². The maximum absolute atomic E-state index is 5.53. The van der Waals surface area contributed by atoms with Gasteiger partial charge >= 0.3 is 0 Å². The van der Waals surface area contributed by atoms with Crippen molar-refractivity contribution in [1.82, 2.24) is 5.32 Å². The largest absolute Gasteiger partial charge is 0.378 e. The molecule has 0 radical (unpaired) electrons. The van der Waals surface area contributed by atoms with Crippen LogP contribution in [-0.2, 0) is 9.47 Å². The van der Waals surface area contributed by atoms with Crippen LogP contribution in [0.1, 0.15) is 12.0 Å². The van der Waals surface area contributed by atoms with Gasteiger partial charge in [-0.1, -0.05) is 30.0 Å². The molecule has 1 saturated heterocycles. The molecule has 0 aromatic heterocycles. The number of hydrogen-bond donors (Lipinski definition) is 1. The van der Waals surface area contributed by atoms with Crippen molar-refractivity contribution in [1.29, 1.82) is 0 Å². The van der Waals surface area contributed by atoms with Crippen LogP contribution in [0.2, 0.25) is 0 Å². The van der Waals surface area contributed by atoms with Crippen molar-refractivity contribution >= 4 is 0 Å². The van der Waals surface area contributed by atoms with Crippen molar-refractivity contribution in [3.63, 3.8) is 0 Å². The first-order valence-electron chi connectivity index (χ1n) is 6.22. The Morgan fingerprint density at radius 2 is 2.22 bits per heavy atom. The molecule has 1 aromatic carbocycles. The second-order valence-corrected chi connectivity index (χ2v) is 4.46. The van der Waals surface area contributed by atoms with Crippen molar-refractivity contribution in [2.45, 2.75) is 12.0 Å². The van der Waals surface area contributed by atoms with E-state index in [2.05, 4.69) is 17.2 Å². The average Bonchev–Trinajstić information content (AvgIpc) is 2.89. The highest BCUT2D eigenvalue weighted by molar-refractivity contribution is 5.33. The fourth-order valence-corrected chi connectivity index (χ4v) is 1.98. The number of ether oxygens (including phenoxy) is 2. The Bertz CT molecular complexity index is 413. The van der Waals surface area contributed by atoms with E-state index in [4.69, 9.17) is 9.47 Å². The third kappa shape index (κ3) is 3.58. The second-order valence-electron chi connectivity index (χ2n) is 4.46. The van der Waals surface area contributed by atoms with Gasteiger partial charge in [-0.3, -0.25) is 0 Å². The van der Waals surface area contributed by atoms with Crippen molar-refractivity contribution in [3.05, 3.63) is 35.9 Å². The van der Waals surface area contributed by atoms with E-state index in [9.17, 15) is 0 Å². The molecule has 1 atom stereocenters. The Morgan fingerprint density at radius 1 is 1.39 bits per heavy atom. The number of hydrogen-bond acceptors (Lipinski definition) is 3. The smallest absolute Gasteiger partial charge is 0.106 e. The molecule has 0 amide bonds. The van der Waals surface area contributed by atoms with Crippen molar-refractivity contribution < 1.29 is 9.47 Å². The van der Waals surface area contributed by atoms with Crippen LogP contribution in [0.4, 0.5) is 0 Å². The van der Waals surface area contributed by atoms with Gasteiger partial charge in [0, 0.05) is 32.2 Å². The van der Waals surface area contributed by atoms with Gasteiger partial charge in [0.15, 0.2) is 0 Å². The Hall–Kier alpha value is -1.34. The fourth-order valence-electron chi connectivity index (χ4n) is 1.98. The summed E-state index contributed by atoms with van der Waals surface area (Å²) in [7, 11) is 1.74. The summed E-state index contributed by atoms with van der Waals surface area (Å²) in [6.45, 7) is 2.90. The van der Waals surface area contributed by atoms with Crippen LogP contribution in [0.5, 0.6) is 0 Å². The fraction of sp³-hybridized carbons (Fsp3) is 0.467.